The van der Waals surface area contributed by atoms with Gasteiger partial charge in [0.05, 0.1) is 0 Å². The van der Waals surface area contributed by atoms with Crippen LogP contribution in [-0.4, -0.2) is 0 Å². The van der Waals surface area contributed by atoms with Gasteiger partial charge in [0.2, 0.25) is 11.6 Å². The second kappa shape index (κ2) is 1.79. The number of nitrogens with two attached hydrogens (primary N) is 5. The summed E-state index contributed by atoms with van der Waals surface area (Å²) in [5.74, 6) is 5.94. The second-order valence-electron chi connectivity index (χ2n) is 2.07. The Labute approximate surface area is 57.9 Å². The number of nitrogens with one attached hydrogen (secondary N) is 1. The van der Waals surface area contributed by atoms with Crippen molar-refractivity contribution in [2.24, 2.45) is 28.8 Å². The molecule has 0 aromatic heterocycles. The normalized spacial score (nSPS) is 20.9. The Hall–Kier alpha value is -1.40. The summed E-state index contributed by atoms with van der Waals surface area (Å²) in [6, 6.07) is 0. The fourth-order valence-corrected chi connectivity index (χ4v) is 0.725. The molecule has 10 heavy (non-hydrogen) atoms. The van der Waals surface area contributed by atoms with Crippen molar-refractivity contribution in [3.8, 4) is 0 Å². The molecule has 1 aliphatic rings. The van der Waals surface area contributed by atoms with Gasteiger partial charge in [-0.25, -0.2) is 0 Å². The monoisotopic (exact) mass is 143 g/mol. The molecule has 6 heteroatoms. The fraction of sp³-hybridized carbons (Fsp3) is 0. The van der Waals surface area contributed by atoms with Crippen molar-refractivity contribution in [3.63, 3.8) is 0 Å². The first-order chi connectivity index (χ1) is 4.55. The van der Waals surface area contributed by atoms with Gasteiger partial charge in [-0.05, 0) is 0 Å². The molecular formula is C4H11N6+. The van der Waals surface area contributed by atoms with Crippen LogP contribution >= 0.6 is 0 Å². The zero-order valence-electron chi connectivity index (χ0n) is 5.39. The number of rotatable bonds is 0. The standard InChI is InChI=1S/C4H10N6/c5-1-2(6)4(8)10(9)3(1)7/h5-9H2/p+1. The van der Waals surface area contributed by atoms with Crippen LogP contribution in [0.2, 0.25) is 0 Å². The van der Waals surface area contributed by atoms with Crippen molar-refractivity contribution in [2.45, 2.75) is 0 Å². The number of quaternary nitrogens is 1. The molecule has 0 spiro atoms. The van der Waals surface area contributed by atoms with E-state index in [0.29, 0.717) is 0 Å². The molecule has 0 fully saturated rings. The first-order valence-electron chi connectivity index (χ1n) is 2.69. The van der Waals surface area contributed by atoms with Gasteiger partial charge in [0.25, 0.3) is 0 Å². The highest BCUT2D eigenvalue weighted by molar-refractivity contribution is 5.31. The molecule has 0 saturated carbocycles. The van der Waals surface area contributed by atoms with Gasteiger partial charge in [-0.15, -0.1) is 0 Å². The van der Waals surface area contributed by atoms with Crippen LogP contribution in [0.25, 0.3) is 0 Å². The smallest absolute Gasteiger partial charge is 0.248 e. The highest BCUT2D eigenvalue weighted by atomic mass is 15.5. The van der Waals surface area contributed by atoms with Gasteiger partial charge < -0.3 is 22.9 Å². The Kier molecular flexibility index (Phi) is 1.20. The summed E-state index contributed by atoms with van der Waals surface area (Å²) in [6.07, 6.45) is 0. The van der Waals surface area contributed by atoms with Crippen molar-refractivity contribution in [2.75, 3.05) is 0 Å². The van der Waals surface area contributed by atoms with Crippen LogP contribution in [-0.2, 0) is 0 Å². The summed E-state index contributed by atoms with van der Waals surface area (Å²) in [4.78, 5) is 0. The van der Waals surface area contributed by atoms with E-state index in [-0.39, 0.29) is 28.0 Å². The van der Waals surface area contributed by atoms with Gasteiger partial charge in [-0.1, -0.05) is 0 Å². The third-order valence-corrected chi connectivity index (χ3v) is 1.45. The van der Waals surface area contributed by atoms with E-state index in [1.165, 1.54) is 0 Å². The van der Waals surface area contributed by atoms with Crippen molar-refractivity contribution in [3.05, 3.63) is 23.0 Å². The molecule has 1 rings (SSSR count). The first kappa shape index (κ1) is 6.72. The van der Waals surface area contributed by atoms with Crippen LogP contribution in [0.5, 0.6) is 0 Å². The van der Waals surface area contributed by atoms with Crippen LogP contribution in [0, 0.1) is 0 Å². The second-order valence-corrected chi connectivity index (χ2v) is 2.07. The Bertz CT molecular complexity index is 202. The minimum absolute atomic E-state index is 0.273. The van der Waals surface area contributed by atoms with Crippen LogP contribution in [0.1, 0.15) is 0 Å². The van der Waals surface area contributed by atoms with E-state index < -0.39 is 0 Å². The lowest BCUT2D eigenvalue weighted by atomic mass is 10.4. The molecule has 6 nitrogen and oxygen atoms in total. The summed E-state index contributed by atoms with van der Waals surface area (Å²) in [7, 11) is 0. The van der Waals surface area contributed by atoms with E-state index in [0.717, 1.165) is 0 Å². The predicted molar refractivity (Wildman–Crippen MR) is 36.0 cm³/mol. The third kappa shape index (κ3) is 0.598. The SMILES string of the molecule is NC1=C(N)[NH+](N)C(N)=C1N. The maximum absolute atomic E-state index is 5.39. The van der Waals surface area contributed by atoms with E-state index in [1.54, 1.807) is 0 Å². The molecule has 0 amide bonds. The number of hydrogen-bond acceptors (Lipinski definition) is 5. The summed E-state index contributed by atoms with van der Waals surface area (Å²) < 4.78 is 0. The van der Waals surface area contributed by atoms with E-state index in [1.807, 2.05) is 0 Å². The van der Waals surface area contributed by atoms with E-state index in [2.05, 4.69) is 0 Å². The molecule has 0 radical (unpaired) electrons. The van der Waals surface area contributed by atoms with E-state index in [9.17, 15) is 0 Å². The Morgan fingerprint density at radius 2 is 1.10 bits per heavy atom. The zero-order chi connectivity index (χ0) is 7.89. The lowest BCUT2D eigenvalue weighted by molar-refractivity contribution is -0.832. The summed E-state index contributed by atoms with van der Waals surface area (Å²) in [6.45, 7) is 0. The van der Waals surface area contributed by atoms with Crippen molar-refractivity contribution < 1.29 is 5.01 Å². The van der Waals surface area contributed by atoms with Crippen LogP contribution < -0.4 is 33.8 Å². The van der Waals surface area contributed by atoms with Gasteiger partial charge >= 0.3 is 0 Å². The fourth-order valence-electron chi connectivity index (χ4n) is 0.725. The van der Waals surface area contributed by atoms with Gasteiger partial charge in [-0.3, -0.25) is 0 Å². The highest BCUT2D eigenvalue weighted by Crippen LogP contribution is 2.01. The predicted octanol–water partition coefficient (Wildman–Crippen LogP) is -4.07. The van der Waals surface area contributed by atoms with Crippen LogP contribution in [0.15, 0.2) is 23.0 Å². The molecule has 0 bridgehead atoms. The molecule has 0 unspecified atom stereocenters. The van der Waals surface area contributed by atoms with Crippen molar-refractivity contribution in [1.82, 2.24) is 0 Å². The summed E-state index contributed by atoms with van der Waals surface area (Å²) in [5.41, 5.74) is 22.1. The van der Waals surface area contributed by atoms with Crippen molar-refractivity contribution in [1.29, 1.82) is 0 Å². The Morgan fingerprint density at radius 1 is 0.800 bits per heavy atom. The summed E-state index contributed by atoms with van der Waals surface area (Å²) >= 11 is 0. The minimum atomic E-state index is 0.273. The molecule has 0 aliphatic carbocycles. The van der Waals surface area contributed by atoms with Gasteiger partial charge in [0, 0.05) is 0 Å². The largest absolute Gasteiger partial charge is 0.391 e. The Balaban J connectivity index is 3.09. The molecule has 0 aromatic rings. The molecule has 56 valence electrons. The Morgan fingerprint density at radius 3 is 1.20 bits per heavy atom. The third-order valence-electron chi connectivity index (χ3n) is 1.45. The average Bonchev–Trinajstić information content (AvgIpc) is 2.07. The maximum Gasteiger partial charge on any atom is 0.248 e. The van der Waals surface area contributed by atoms with Crippen LogP contribution in [0.3, 0.4) is 0 Å². The molecule has 11 N–H and O–H groups in total. The lowest BCUT2D eigenvalue weighted by Gasteiger charge is -2.03. The molecule has 1 aliphatic heterocycles. The zero-order valence-corrected chi connectivity index (χ0v) is 5.39. The molecule has 1 heterocycles. The molecule has 0 saturated heterocycles. The van der Waals surface area contributed by atoms with E-state index in [4.69, 9.17) is 28.8 Å². The van der Waals surface area contributed by atoms with Crippen LogP contribution in [0.4, 0.5) is 0 Å². The van der Waals surface area contributed by atoms with Gasteiger partial charge in [-0.2, -0.15) is 10.9 Å². The topological polar surface area (TPSA) is 135 Å². The molecular weight excluding hydrogens is 132 g/mol. The van der Waals surface area contributed by atoms with E-state index >= 15 is 0 Å². The van der Waals surface area contributed by atoms with Crippen molar-refractivity contribution >= 4 is 0 Å². The quantitative estimate of drug-likeness (QED) is 0.192. The maximum atomic E-state index is 5.39. The van der Waals surface area contributed by atoms with Gasteiger partial charge in [0.15, 0.2) is 0 Å². The summed E-state index contributed by atoms with van der Waals surface area (Å²) in [5, 5.41) is 0.273. The highest BCUT2D eigenvalue weighted by Gasteiger charge is 2.28. The molecule has 0 atom stereocenters. The lowest BCUT2D eigenvalue weighted by Crippen LogP contribution is -3.15. The first-order valence-corrected chi connectivity index (χ1v) is 2.69. The average molecular weight is 143 g/mol. The minimum Gasteiger partial charge on any atom is -0.391 e. The number of hydrogen-bond donors (Lipinski definition) is 6. The van der Waals surface area contributed by atoms with Gasteiger partial charge in [0.1, 0.15) is 11.4 Å². The molecule has 0 aromatic carbocycles.